The number of aromatic nitrogens is 1. The zero-order valence-corrected chi connectivity index (χ0v) is 20.4. The van der Waals surface area contributed by atoms with E-state index in [0.717, 1.165) is 24.4 Å². The van der Waals surface area contributed by atoms with Crippen LogP contribution in [0, 0.1) is 23.0 Å². The van der Waals surface area contributed by atoms with Crippen LogP contribution in [-0.4, -0.2) is 17.6 Å². The van der Waals surface area contributed by atoms with Crippen molar-refractivity contribution >= 4 is 45.6 Å². The molecular weight excluding hydrogens is 541 g/mol. The van der Waals surface area contributed by atoms with Crippen molar-refractivity contribution in [2.75, 3.05) is 16.8 Å². The molecular formula is C27H15ClF5N5O. The molecule has 0 fully saturated rings. The summed E-state index contributed by atoms with van der Waals surface area (Å²) in [6, 6.07) is 8.29. The highest BCUT2D eigenvalue weighted by Crippen LogP contribution is 2.48. The van der Waals surface area contributed by atoms with Gasteiger partial charge < -0.3 is 10.6 Å². The number of alkyl halides is 3. The molecule has 3 aromatic carbocycles. The number of hydrogen-bond donors (Lipinski definition) is 2. The molecule has 4 aromatic rings. The normalized spacial score (nSPS) is 16.2. The Kier molecular flexibility index (Phi) is 5.62. The van der Waals surface area contributed by atoms with Gasteiger partial charge in [-0.1, -0.05) is 11.6 Å². The number of anilines is 3. The number of pyridine rings is 1. The molecule has 2 N–H and O–H groups in total. The molecule has 0 saturated heterocycles. The SMILES string of the molecule is N#Cc1cc(Nc2nccc3c(C(F)(F)F)cc(F)cc23)c2c3c1CCN3C(=O)NC2c1cc(F)ccc1Cl. The fourth-order valence-corrected chi connectivity index (χ4v) is 5.50. The summed E-state index contributed by atoms with van der Waals surface area (Å²) in [6.45, 7) is 0.280. The van der Waals surface area contributed by atoms with Gasteiger partial charge in [0.2, 0.25) is 0 Å². The Hall–Kier alpha value is -4.43. The largest absolute Gasteiger partial charge is 0.417 e. The number of nitrogens with one attached hydrogen (secondary N) is 2. The van der Waals surface area contributed by atoms with E-state index in [1.54, 1.807) is 0 Å². The number of carbonyl (C=O) groups excluding carboxylic acids is 1. The molecule has 196 valence electrons. The zero-order chi connectivity index (χ0) is 27.6. The standard InChI is InChI=1S/C27H15ClF5N5O/c28-20-2-1-13(29)8-18(20)23-22-21(7-12(11-34)15-4-6-38(24(15)22)26(39)37-23)36-25-17-9-14(30)10-19(27(31,32)33)16(17)3-5-35-25/h1-3,5,7-10,23H,4,6H2,(H,35,36)(H,37,39). The monoisotopic (exact) mass is 555 g/mol. The predicted molar refractivity (Wildman–Crippen MR) is 134 cm³/mol. The Morgan fingerprint density at radius 3 is 2.64 bits per heavy atom. The minimum Gasteiger partial charge on any atom is -0.339 e. The van der Waals surface area contributed by atoms with E-state index >= 15 is 0 Å². The third-order valence-electron chi connectivity index (χ3n) is 6.89. The maximum Gasteiger partial charge on any atom is 0.417 e. The molecule has 0 saturated carbocycles. The highest BCUT2D eigenvalue weighted by Gasteiger charge is 2.41. The maximum absolute atomic E-state index is 14.4. The number of hydrogen-bond acceptors (Lipinski definition) is 4. The second kappa shape index (κ2) is 8.81. The van der Waals surface area contributed by atoms with Gasteiger partial charge >= 0.3 is 12.2 Å². The molecule has 0 spiro atoms. The van der Waals surface area contributed by atoms with Gasteiger partial charge in [0.1, 0.15) is 17.5 Å². The predicted octanol–water partition coefficient (Wildman–Crippen LogP) is 6.98. The second-order valence-corrected chi connectivity index (χ2v) is 9.51. The molecule has 3 heterocycles. The number of nitrogens with zero attached hydrogens (tertiary/aromatic N) is 3. The first-order valence-electron chi connectivity index (χ1n) is 11.6. The van der Waals surface area contributed by atoms with Crippen molar-refractivity contribution in [1.82, 2.24) is 10.3 Å². The number of urea groups is 1. The van der Waals surface area contributed by atoms with Crippen LogP contribution in [-0.2, 0) is 12.6 Å². The van der Waals surface area contributed by atoms with E-state index in [1.807, 2.05) is 0 Å². The van der Waals surface area contributed by atoms with Gasteiger partial charge in [-0.25, -0.2) is 18.6 Å². The lowest BCUT2D eigenvalue weighted by atomic mass is 9.89. The van der Waals surface area contributed by atoms with E-state index in [0.29, 0.717) is 29.3 Å². The lowest BCUT2D eigenvalue weighted by molar-refractivity contribution is -0.136. The molecule has 0 radical (unpaired) electrons. The first kappa shape index (κ1) is 24.9. The smallest absolute Gasteiger partial charge is 0.339 e. The van der Waals surface area contributed by atoms with Crippen molar-refractivity contribution in [1.29, 1.82) is 5.26 Å². The van der Waals surface area contributed by atoms with E-state index in [1.165, 1.54) is 23.1 Å². The third kappa shape index (κ3) is 3.99. The first-order chi connectivity index (χ1) is 18.6. The zero-order valence-electron chi connectivity index (χ0n) is 19.6. The first-order valence-corrected chi connectivity index (χ1v) is 12.0. The fraction of sp³-hybridized carbons (Fsp3) is 0.148. The average molecular weight is 556 g/mol. The van der Waals surface area contributed by atoms with Gasteiger partial charge in [0.05, 0.1) is 28.9 Å². The van der Waals surface area contributed by atoms with Crippen LogP contribution in [0.15, 0.2) is 48.7 Å². The van der Waals surface area contributed by atoms with Gasteiger partial charge in [0.15, 0.2) is 0 Å². The molecule has 1 atom stereocenters. The van der Waals surface area contributed by atoms with Crippen molar-refractivity contribution in [2.24, 2.45) is 0 Å². The van der Waals surface area contributed by atoms with Gasteiger partial charge in [-0.05, 0) is 59.8 Å². The molecule has 2 aliphatic heterocycles. The van der Waals surface area contributed by atoms with Crippen molar-refractivity contribution < 1.29 is 26.7 Å². The molecule has 0 aliphatic carbocycles. The number of benzene rings is 3. The fourth-order valence-electron chi connectivity index (χ4n) is 5.28. The van der Waals surface area contributed by atoms with Crippen LogP contribution < -0.4 is 15.5 Å². The van der Waals surface area contributed by atoms with E-state index in [4.69, 9.17) is 11.6 Å². The molecule has 6 nitrogen and oxygen atoms in total. The highest BCUT2D eigenvalue weighted by atomic mass is 35.5. The number of amides is 2. The van der Waals surface area contributed by atoms with Crippen LogP contribution >= 0.6 is 11.6 Å². The van der Waals surface area contributed by atoms with E-state index in [9.17, 15) is 32.0 Å². The van der Waals surface area contributed by atoms with Crippen LogP contribution in [0.2, 0.25) is 5.02 Å². The summed E-state index contributed by atoms with van der Waals surface area (Å²) in [7, 11) is 0. The minimum atomic E-state index is -4.82. The summed E-state index contributed by atoms with van der Waals surface area (Å²) in [5.41, 5.74) is 0.955. The van der Waals surface area contributed by atoms with Crippen LogP contribution in [0.5, 0.6) is 0 Å². The molecule has 1 unspecified atom stereocenters. The second-order valence-electron chi connectivity index (χ2n) is 9.11. The quantitative estimate of drug-likeness (QED) is 0.267. The number of carbonyl (C=O) groups is 1. The molecule has 12 heteroatoms. The Morgan fingerprint density at radius 1 is 1.10 bits per heavy atom. The van der Waals surface area contributed by atoms with Crippen LogP contribution in [0.1, 0.15) is 33.9 Å². The Morgan fingerprint density at radius 2 is 1.90 bits per heavy atom. The number of nitriles is 1. The van der Waals surface area contributed by atoms with E-state index in [-0.39, 0.29) is 45.0 Å². The molecule has 2 amide bonds. The van der Waals surface area contributed by atoms with Crippen molar-refractivity contribution in [3.63, 3.8) is 0 Å². The van der Waals surface area contributed by atoms with E-state index < -0.39 is 35.4 Å². The molecule has 6 rings (SSSR count). The summed E-state index contributed by atoms with van der Waals surface area (Å²) in [5.74, 6) is -1.82. The third-order valence-corrected chi connectivity index (χ3v) is 7.24. The molecule has 2 aliphatic rings. The molecule has 39 heavy (non-hydrogen) atoms. The number of fused-ring (bicyclic) bond motifs is 1. The summed E-state index contributed by atoms with van der Waals surface area (Å²) in [5, 5.41) is 15.4. The Labute approximate surface area is 222 Å². The van der Waals surface area contributed by atoms with E-state index in [2.05, 4.69) is 21.7 Å². The topological polar surface area (TPSA) is 81.1 Å². The summed E-state index contributed by atoms with van der Waals surface area (Å²) in [6.07, 6.45) is -3.29. The summed E-state index contributed by atoms with van der Waals surface area (Å²) >= 11 is 6.40. The van der Waals surface area contributed by atoms with Crippen LogP contribution in [0.3, 0.4) is 0 Å². The van der Waals surface area contributed by atoms with Crippen LogP contribution in [0.4, 0.5) is 43.9 Å². The van der Waals surface area contributed by atoms with Gasteiger partial charge in [-0.3, -0.25) is 4.90 Å². The average Bonchev–Trinajstić information content (AvgIpc) is 3.34. The van der Waals surface area contributed by atoms with Crippen molar-refractivity contribution in [3.8, 4) is 6.07 Å². The van der Waals surface area contributed by atoms with Gasteiger partial charge in [-0.2, -0.15) is 18.4 Å². The minimum absolute atomic E-state index is 0.108. The summed E-state index contributed by atoms with van der Waals surface area (Å²) in [4.78, 5) is 18.6. The van der Waals surface area contributed by atoms with Crippen molar-refractivity contribution in [2.45, 2.75) is 18.6 Å². The van der Waals surface area contributed by atoms with Gasteiger partial charge in [0.25, 0.3) is 0 Å². The Bertz CT molecular complexity index is 1750. The molecule has 0 bridgehead atoms. The van der Waals surface area contributed by atoms with Gasteiger partial charge in [-0.15, -0.1) is 0 Å². The van der Waals surface area contributed by atoms with Crippen molar-refractivity contribution in [3.05, 3.63) is 93.1 Å². The lowest BCUT2D eigenvalue weighted by Gasteiger charge is -2.35. The maximum atomic E-state index is 14.4. The molecule has 1 aromatic heterocycles. The van der Waals surface area contributed by atoms with Gasteiger partial charge in [0, 0.05) is 40.0 Å². The highest BCUT2D eigenvalue weighted by molar-refractivity contribution is 6.31. The number of rotatable bonds is 3. The van der Waals surface area contributed by atoms with Crippen LogP contribution in [0.25, 0.3) is 10.8 Å². The summed E-state index contributed by atoms with van der Waals surface area (Å²) < 4.78 is 69.7. The Balaban J connectivity index is 1.61. The number of halogens is 6. The lowest BCUT2D eigenvalue weighted by Crippen LogP contribution is -2.46.